The van der Waals surface area contributed by atoms with E-state index in [4.69, 9.17) is 0 Å². The van der Waals surface area contributed by atoms with Gasteiger partial charge in [-0.05, 0) is 17.7 Å². The summed E-state index contributed by atoms with van der Waals surface area (Å²) in [6.07, 6.45) is 0. The molecule has 0 saturated carbocycles. The van der Waals surface area contributed by atoms with Crippen LogP contribution in [-0.4, -0.2) is 34.4 Å². The van der Waals surface area contributed by atoms with Gasteiger partial charge < -0.3 is 5.32 Å². The molecule has 1 aromatic rings. The molecule has 0 bridgehead atoms. The van der Waals surface area contributed by atoms with Crippen LogP contribution in [0.15, 0.2) is 24.3 Å². The van der Waals surface area contributed by atoms with Crippen LogP contribution in [0.2, 0.25) is 0 Å². The Bertz CT molecular complexity index is 422. The highest BCUT2D eigenvalue weighted by Crippen LogP contribution is 2.25. The molecule has 0 spiro atoms. The molecule has 2 atom stereocenters. The maximum atomic E-state index is 11.0. The monoisotopic (exact) mass is 278 g/mol. The first-order chi connectivity index (χ1) is 9.02. The number of thioether (sulfide) groups is 1. The van der Waals surface area contributed by atoms with Crippen molar-refractivity contribution in [1.82, 2.24) is 4.90 Å². The van der Waals surface area contributed by atoms with E-state index in [1.54, 1.807) is 0 Å². The van der Waals surface area contributed by atoms with E-state index >= 15 is 0 Å². The molecular weight excluding hydrogens is 256 g/mol. The van der Waals surface area contributed by atoms with Gasteiger partial charge in [0.15, 0.2) is 0 Å². The topological polar surface area (TPSA) is 32.3 Å². The van der Waals surface area contributed by atoms with Gasteiger partial charge in [-0.25, -0.2) is 0 Å². The number of benzene rings is 1. The van der Waals surface area contributed by atoms with E-state index in [1.807, 2.05) is 12.1 Å². The summed E-state index contributed by atoms with van der Waals surface area (Å²) in [5, 5.41) is 4.21. The molecule has 0 radical (unpaired) electrons. The normalized spacial score (nSPS) is 24.2. The number of anilines is 1. The Balaban J connectivity index is 1.93. The summed E-state index contributed by atoms with van der Waals surface area (Å²) >= 11 is 2.08. The zero-order chi connectivity index (χ0) is 13.8. The lowest BCUT2D eigenvalue weighted by Crippen LogP contribution is -2.39. The second kappa shape index (κ2) is 6.44. The Morgan fingerprint density at radius 1 is 1.26 bits per heavy atom. The van der Waals surface area contributed by atoms with Gasteiger partial charge in [0.2, 0.25) is 5.91 Å². The van der Waals surface area contributed by atoms with Crippen molar-refractivity contribution in [3.05, 3.63) is 29.8 Å². The predicted molar refractivity (Wildman–Crippen MR) is 82.5 cm³/mol. The van der Waals surface area contributed by atoms with Crippen molar-refractivity contribution in [2.24, 2.45) is 0 Å². The van der Waals surface area contributed by atoms with E-state index in [-0.39, 0.29) is 5.91 Å². The molecule has 0 aromatic heterocycles. The molecule has 19 heavy (non-hydrogen) atoms. The Morgan fingerprint density at radius 3 is 2.37 bits per heavy atom. The Hall–Kier alpha value is -1.00. The van der Waals surface area contributed by atoms with Crippen molar-refractivity contribution in [3.63, 3.8) is 0 Å². The number of nitrogens with one attached hydrogen (secondary N) is 1. The van der Waals surface area contributed by atoms with Gasteiger partial charge in [0.05, 0.1) is 0 Å². The van der Waals surface area contributed by atoms with E-state index in [1.165, 1.54) is 12.5 Å². The van der Waals surface area contributed by atoms with Crippen LogP contribution in [0.1, 0.15) is 26.3 Å². The molecule has 0 aliphatic carbocycles. The average molecular weight is 278 g/mol. The van der Waals surface area contributed by atoms with Gasteiger partial charge in [0.1, 0.15) is 0 Å². The highest BCUT2D eigenvalue weighted by Gasteiger charge is 2.21. The van der Waals surface area contributed by atoms with Crippen LogP contribution in [0, 0.1) is 0 Å². The fourth-order valence-electron chi connectivity index (χ4n) is 2.57. The Morgan fingerprint density at radius 2 is 1.84 bits per heavy atom. The second-order valence-electron chi connectivity index (χ2n) is 5.33. The maximum absolute atomic E-state index is 11.0. The van der Waals surface area contributed by atoms with Crippen molar-refractivity contribution in [2.45, 2.75) is 37.8 Å². The van der Waals surface area contributed by atoms with Gasteiger partial charge in [-0.1, -0.05) is 26.0 Å². The molecule has 1 saturated heterocycles. The third-order valence-corrected chi connectivity index (χ3v) is 4.40. The highest BCUT2D eigenvalue weighted by atomic mass is 32.2. The van der Waals surface area contributed by atoms with Crippen LogP contribution in [0.25, 0.3) is 0 Å². The van der Waals surface area contributed by atoms with Crippen LogP contribution in [0.4, 0.5) is 5.69 Å². The quantitative estimate of drug-likeness (QED) is 0.922. The summed E-state index contributed by atoms with van der Waals surface area (Å²) in [7, 11) is 0. The fourth-order valence-corrected chi connectivity index (χ4v) is 3.96. The highest BCUT2D eigenvalue weighted by molar-refractivity contribution is 8.00. The number of carbonyl (C=O) groups is 1. The largest absolute Gasteiger partial charge is 0.326 e. The zero-order valence-corrected chi connectivity index (χ0v) is 12.7. The summed E-state index contributed by atoms with van der Waals surface area (Å²) in [5.41, 5.74) is 2.17. The van der Waals surface area contributed by atoms with Gasteiger partial charge in [0, 0.05) is 42.7 Å². The van der Waals surface area contributed by atoms with E-state index in [0.717, 1.165) is 25.3 Å². The molecule has 1 aromatic carbocycles. The lowest BCUT2D eigenvalue weighted by atomic mass is 10.2. The molecule has 1 fully saturated rings. The minimum absolute atomic E-state index is 0.0246. The summed E-state index contributed by atoms with van der Waals surface area (Å²) in [4.78, 5) is 13.5. The first-order valence-electron chi connectivity index (χ1n) is 6.77. The van der Waals surface area contributed by atoms with E-state index in [2.05, 4.69) is 48.0 Å². The van der Waals surface area contributed by atoms with E-state index in [0.29, 0.717) is 10.5 Å². The minimum atomic E-state index is -0.0246. The number of rotatable bonds is 3. The van der Waals surface area contributed by atoms with Crippen LogP contribution in [0.5, 0.6) is 0 Å². The molecule has 1 aliphatic rings. The molecule has 1 heterocycles. The van der Waals surface area contributed by atoms with Crippen molar-refractivity contribution < 1.29 is 4.79 Å². The average Bonchev–Trinajstić information content (AvgIpc) is 2.29. The lowest BCUT2D eigenvalue weighted by molar-refractivity contribution is -0.114. The van der Waals surface area contributed by atoms with E-state index < -0.39 is 0 Å². The van der Waals surface area contributed by atoms with Crippen molar-refractivity contribution in [1.29, 1.82) is 0 Å². The minimum Gasteiger partial charge on any atom is -0.326 e. The van der Waals surface area contributed by atoms with Gasteiger partial charge in [-0.2, -0.15) is 11.8 Å². The van der Waals surface area contributed by atoms with Gasteiger partial charge in [-0.3, -0.25) is 9.69 Å². The molecule has 3 nitrogen and oxygen atoms in total. The van der Waals surface area contributed by atoms with Crippen LogP contribution in [0.3, 0.4) is 0 Å². The molecule has 1 aliphatic heterocycles. The molecule has 2 rings (SSSR count). The van der Waals surface area contributed by atoms with Crippen LogP contribution in [-0.2, 0) is 11.3 Å². The molecular formula is C15H22N2OS. The molecule has 2 unspecified atom stereocenters. The van der Waals surface area contributed by atoms with Crippen molar-refractivity contribution in [2.75, 3.05) is 18.4 Å². The lowest BCUT2D eigenvalue weighted by Gasteiger charge is -2.34. The number of carbonyl (C=O) groups excluding carboxylic acids is 1. The maximum Gasteiger partial charge on any atom is 0.221 e. The van der Waals surface area contributed by atoms with Gasteiger partial charge in [-0.15, -0.1) is 0 Å². The third kappa shape index (κ3) is 4.55. The summed E-state index contributed by atoms with van der Waals surface area (Å²) in [6.45, 7) is 9.43. The first-order valence-corrected chi connectivity index (χ1v) is 7.71. The fraction of sp³-hybridized carbons (Fsp3) is 0.533. The first kappa shape index (κ1) is 14.4. The molecule has 4 heteroatoms. The third-order valence-electron chi connectivity index (χ3n) is 3.18. The van der Waals surface area contributed by atoms with Crippen molar-refractivity contribution in [3.8, 4) is 0 Å². The standard InChI is InChI=1S/C15H22N2OS/c1-11-8-17(9-12(2)19-11)10-14-4-6-15(7-5-14)16-13(3)18/h4-7,11-12H,8-10H2,1-3H3,(H,16,18). The summed E-state index contributed by atoms with van der Waals surface area (Å²) < 4.78 is 0. The Labute approximate surface area is 119 Å². The summed E-state index contributed by atoms with van der Waals surface area (Å²) in [6, 6.07) is 8.15. The smallest absolute Gasteiger partial charge is 0.221 e. The number of nitrogens with zero attached hydrogens (tertiary/aromatic N) is 1. The molecule has 1 N–H and O–H groups in total. The van der Waals surface area contributed by atoms with Crippen molar-refractivity contribution >= 4 is 23.4 Å². The predicted octanol–water partition coefficient (Wildman–Crippen LogP) is 2.97. The number of amides is 1. The summed E-state index contributed by atoms with van der Waals surface area (Å²) in [5.74, 6) is -0.0246. The van der Waals surface area contributed by atoms with Crippen LogP contribution < -0.4 is 5.32 Å². The number of hydrogen-bond donors (Lipinski definition) is 1. The number of hydrogen-bond acceptors (Lipinski definition) is 3. The van der Waals surface area contributed by atoms with Gasteiger partial charge >= 0.3 is 0 Å². The molecule has 104 valence electrons. The van der Waals surface area contributed by atoms with Crippen LogP contribution >= 0.6 is 11.8 Å². The van der Waals surface area contributed by atoms with Gasteiger partial charge in [0.25, 0.3) is 0 Å². The SMILES string of the molecule is CC(=O)Nc1ccc(CN2CC(C)SC(C)C2)cc1. The molecule has 1 amide bonds. The zero-order valence-electron chi connectivity index (χ0n) is 11.8. The van der Waals surface area contributed by atoms with E-state index in [9.17, 15) is 4.79 Å². The second-order valence-corrected chi connectivity index (χ2v) is 7.21. The Kier molecular flexibility index (Phi) is 4.88.